The van der Waals surface area contributed by atoms with Gasteiger partial charge in [0.2, 0.25) is 0 Å². The number of alkyl halides is 2. The molecule has 0 heterocycles. The van der Waals surface area contributed by atoms with Crippen LogP contribution in [0.15, 0.2) is 63.6 Å². The zero-order valence-corrected chi connectivity index (χ0v) is 22.6. The van der Waals surface area contributed by atoms with Crippen LogP contribution in [0.1, 0.15) is 77.0 Å². The molecule has 2 atom stereocenters. The van der Waals surface area contributed by atoms with Gasteiger partial charge in [-0.15, -0.1) is 11.5 Å². The van der Waals surface area contributed by atoms with Crippen molar-refractivity contribution < 1.29 is 18.6 Å². The van der Waals surface area contributed by atoms with Gasteiger partial charge in [-0.05, 0) is 87.6 Å². The zero-order valence-electron chi connectivity index (χ0n) is 21.9. The van der Waals surface area contributed by atoms with E-state index in [2.05, 4.69) is 25.3 Å². The van der Waals surface area contributed by atoms with Crippen LogP contribution in [0, 0.1) is 12.8 Å². The van der Waals surface area contributed by atoms with E-state index in [1.807, 2.05) is 26.0 Å². The maximum absolute atomic E-state index is 15.5. The fraction of sp³-hybridized carbons (Fsp3) is 0.467. The van der Waals surface area contributed by atoms with Crippen molar-refractivity contribution in [3.05, 3.63) is 80.3 Å². The van der Waals surface area contributed by atoms with Gasteiger partial charge in [-0.3, -0.25) is 0 Å². The predicted octanol–water partition coefficient (Wildman–Crippen LogP) is 8.79. The Morgan fingerprint density at radius 3 is 2.54 bits per heavy atom. The van der Waals surface area contributed by atoms with Crippen molar-refractivity contribution in [1.29, 1.82) is 0 Å². The summed E-state index contributed by atoms with van der Waals surface area (Å²) < 4.78 is 36.4. The maximum Gasteiger partial charge on any atom is 0.280 e. The Morgan fingerprint density at radius 2 is 1.94 bits per heavy atom. The molecule has 1 aromatic rings. The molecule has 2 rings (SSSR count). The van der Waals surface area contributed by atoms with Gasteiger partial charge in [0.15, 0.2) is 5.60 Å². The Balaban J connectivity index is 2.60. The lowest BCUT2D eigenvalue weighted by Gasteiger charge is -2.39. The highest BCUT2D eigenvalue weighted by Crippen LogP contribution is 2.50. The van der Waals surface area contributed by atoms with Gasteiger partial charge in [0.1, 0.15) is 5.75 Å². The molecule has 2 nitrogen and oxygen atoms in total. The summed E-state index contributed by atoms with van der Waals surface area (Å²) in [6, 6.07) is 3.28. The van der Waals surface area contributed by atoms with E-state index in [-0.39, 0.29) is 17.7 Å². The minimum absolute atomic E-state index is 0.0627. The number of halogens is 3. The highest BCUT2D eigenvalue weighted by Gasteiger charge is 2.54. The van der Waals surface area contributed by atoms with Crippen LogP contribution >= 0.6 is 11.6 Å². The maximum atomic E-state index is 15.5. The van der Waals surface area contributed by atoms with E-state index in [9.17, 15) is 5.11 Å². The third-order valence-electron chi connectivity index (χ3n) is 6.68. The van der Waals surface area contributed by atoms with Crippen molar-refractivity contribution in [1.82, 2.24) is 0 Å². The number of aliphatic hydroxyl groups is 1. The van der Waals surface area contributed by atoms with Crippen LogP contribution in [-0.2, 0) is 5.60 Å². The number of ether oxygens (including phenoxy) is 1. The molecule has 0 fully saturated rings. The van der Waals surface area contributed by atoms with Gasteiger partial charge in [0.05, 0.1) is 12.1 Å². The van der Waals surface area contributed by atoms with Gasteiger partial charge in [0.25, 0.3) is 5.92 Å². The van der Waals surface area contributed by atoms with Crippen molar-refractivity contribution in [3.8, 4) is 5.75 Å². The van der Waals surface area contributed by atoms with Crippen molar-refractivity contribution in [2.45, 2.75) is 78.7 Å². The van der Waals surface area contributed by atoms with E-state index in [4.69, 9.17) is 16.3 Å². The predicted molar refractivity (Wildman–Crippen MR) is 142 cm³/mol. The van der Waals surface area contributed by atoms with Crippen LogP contribution in [0.5, 0.6) is 5.75 Å². The Bertz CT molecular complexity index is 1130. The molecule has 190 valence electrons. The first-order chi connectivity index (χ1) is 16.4. The second kappa shape index (κ2) is 12.1. The number of benzene rings is 1. The van der Waals surface area contributed by atoms with Gasteiger partial charge >= 0.3 is 0 Å². The van der Waals surface area contributed by atoms with Crippen molar-refractivity contribution in [3.63, 3.8) is 0 Å². The number of methoxy groups -OCH3 is 1. The van der Waals surface area contributed by atoms with E-state index < -0.39 is 23.9 Å². The quantitative estimate of drug-likeness (QED) is 0.256. The molecule has 5 heteroatoms. The number of rotatable bonds is 10. The van der Waals surface area contributed by atoms with Crippen LogP contribution in [-0.4, -0.2) is 18.1 Å². The summed E-state index contributed by atoms with van der Waals surface area (Å²) in [6.45, 7) is 11.0. The zero-order chi connectivity index (χ0) is 26.4. The van der Waals surface area contributed by atoms with Crippen LogP contribution in [0.2, 0.25) is 0 Å². The molecule has 0 saturated heterocycles. The molecule has 0 radical (unpaired) electrons. The van der Waals surface area contributed by atoms with Crippen molar-refractivity contribution in [2.75, 3.05) is 7.11 Å². The SMILES string of the molecule is CCC/C(C)=C/C=C=Cc1cc(OC)c(C(O)(CC2C=C=C(C)C(Cl)=C2C)C(F)(F)CC)cc1C. The number of allylic oxidation sites excluding steroid dienone is 6. The minimum Gasteiger partial charge on any atom is -0.496 e. The molecule has 1 aromatic carbocycles. The molecule has 1 aliphatic carbocycles. The molecule has 0 aromatic heterocycles. The number of aryl methyl sites for hydroxylation is 1. The van der Waals surface area contributed by atoms with E-state index in [1.165, 1.54) is 19.6 Å². The first-order valence-electron chi connectivity index (χ1n) is 12.1. The lowest BCUT2D eigenvalue weighted by molar-refractivity contribution is -0.196. The van der Waals surface area contributed by atoms with Gasteiger partial charge in [0, 0.05) is 23.5 Å². The van der Waals surface area contributed by atoms with E-state index in [0.29, 0.717) is 5.03 Å². The highest BCUT2D eigenvalue weighted by molar-refractivity contribution is 6.32. The fourth-order valence-electron chi connectivity index (χ4n) is 4.31. The molecule has 1 N–H and O–H groups in total. The van der Waals surface area contributed by atoms with Crippen LogP contribution < -0.4 is 4.74 Å². The summed E-state index contributed by atoms with van der Waals surface area (Å²) in [5.74, 6) is -3.68. The standard InChI is InChI=1S/C30H37ClF2O2/c1-8-12-20(3)13-10-11-14-24-18-27(35-7)26(17-22(24)5)29(34,30(32,33)9-2)19-25-16-15-21(4)28(31)23(25)6/h10,13-14,16-18,25,34H,8-9,12,19H2,1-7H3/b20-13+. The van der Waals surface area contributed by atoms with Gasteiger partial charge in [-0.2, -0.15) is 0 Å². The average Bonchev–Trinajstić information content (AvgIpc) is 2.82. The summed E-state index contributed by atoms with van der Waals surface area (Å²) >= 11 is 6.39. The van der Waals surface area contributed by atoms with E-state index in [1.54, 1.807) is 31.2 Å². The molecule has 1 aliphatic rings. The number of hydrogen-bond acceptors (Lipinski definition) is 2. The van der Waals surface area contributed by atoms with E-state index >= 15 is 8.78 Å². The van der Waals surface area contributed by atoms with Crippen molar-refractivity contribution >= 4 is 17.7 Å². The Labute approximate surface area is 214 Å². The smallest absolute Gasteiger partial charge is 0.280 e. The highest BCUT2D eigenvalue weighted by atomic mass is 35.5. The van der Waals surface area contributed by atoms with E-state index in [0.717, 1.165) is 35.1 Å². The molecular formula is C30H37ClF2O2. The average molecular weight is 503 g/mol. The monoisotopic (exact) mass is 502 g/mol. The Hall–Kier alpha value is -2.35. The normalized spacial score (nSPS) is 18.1. The molecule has 0 aliphatic heterocycles. The summed E-state index contributed by atoms with van der Waals surface area (Å²) in [6.07, 6.45) is 8.68. The Kier molecular flexibility index (Phi) is 9.95. The third kappa shape index (κ3) is 6.46. The molecule has 0 spiro atoms. The summed E-state index contributed by atoms with van der Waals surface area (Å²) in [4.78, 5) is 0. The molecule has 0 amide bonds. The lowest BCUT2D eigenvalue weighted by atomic mass is 9.75. The first kappa shape index (κ1) is 28.9. The van der Waals surface area contributed by atoms with Crippen LogP contribution in [0.25, 0.3) is 6.08 Å². The number of hydrogen-bond donors (Lipinski definition) is 1. The summed E-state index contributed by atoms with van der Waals surface area (Å²) in [5.41, 5.74) is 8.04. The lowest BCUT2D eigenvalue weighted by Crippen LogP contribution is -2.46. The summed E-state index contributed by atoms with van der Waals surface area (Å²) in [7, 11) is 1.42. The van der Waals surface area contributed by atoms with Gasteiger partial charge in [-0.25, -0.2) is 8.78 Å². The van der Waals surface area contributed by atoms with Gasteiger partial charge in [-0.1, -0.05) is 43.5 Å². The largest absolute Gasteiger partial charge is 0.496 e. The fourth-order valence-corrected chi connectivity index (χ4v) is 4.50. The van der Waals surface area contributed by atoms with Crippen LogP contribution in [0.3, 0.4) is 0 Å². The molecular weight excluding hydrogens is 466 g/mol. The topological polar surface area (TPSA) is 29.5 Å². The Morgan fingerprint density at radius 1 is 1.26 bits per heavy atom. The minimum atomic E-state index is -3.40. The second-order valence-corrected chi connectivity index (χ2v) is 9.69. The van der Waals surface area contributed by atoms with Gasteiger partial charge < -0.3 is 9.84 Å². The molecule has 35 heavy (non-hydrogen) atoms. The third-order valence-corrected chi connectivity index (χ3v) is 7.26. The molecule has 2 unspecified atom stereocenters. The summed E-state index contributed by atoms with van der Waals surface area (Å²) in [5, 5.41) is 12.2. The molecule has 0 saturated carbocycles. The molecule has 0 bridgehead atoms. The van der Waals surface area contributed by atoms with Crippen LogP contribution in [0.4, 0.5) is 8.78 Å². The first-order valence-corrected chi connectivity index (χ1v) is 12.5. The van der Waals surface area contributed by atoms with Crippen molar-refractivity contribution in [2.24, 2.45) is 5.92 Å². The second-order valence-electron chi connectivity index (χ2n) is 9.31.